The molecule has 0 saturated heterocycles. The van der Waals surface area contributed by atoms with Crippen molar-refractivity contribution >= 4 is 27.2 Å². The van der Waals surface area contributed by atoms with Crippen LogP contribution < -0.4 is 10.5 Å². The van der Waals surface area contributed by atoms with Crippen molar-refractivity contribution in [2.75, 3.05) is 0 Å². The number of thiocarbonyl (C=S) groups is 1. The largest absolute Gasteiger partial charge is 0.468 e. The third kappa shape index (κ3) is 3.24. The number of nitrogens with one attached hydrogen (secondary N) is 1. The molecular formula is C13H14N2O3S2. The molecule has 3 N–H and O–H groups in total. The van der Waals surface area contributed by atoms with E-state index in [2.05, 4.69) is 4.72 Å². The Balaban J connectivity index is 2.20. The highest BCUT2D eigenvalue weighted by Gasteiger charge is 2.19. The zero-order valence-corrected chi connectivity index (χ0v) is 12.4. The predicted molar refractivity (Wildman–Crippen MR) is 79.8 cm³/mol. The molecule has 20 heavy (non-hydrogen) atoms. The van der Waals surface area contributed by atoms with Crippen LogP contribution in [0.5, 0.6) is 0 Å². The van der Waals surface area contributed by atoms with Crippen LogP contribution in [0, 0.1) is 0 Å². The van der Waals surface area contributed by atoms with Gasteiger partial charge < -0.3 is 10.2 Å². The van der Waals surface area contributed by atoms with Crippen LogP contribution in [-0.2, 0) is 10.0 Å². The predicted octanol–water partition coefficient (Wildman–Crippen LogP) is 1.95. The first kappa shape index (κ1) is 14.7. The van der Waals surface area contributed by atoms with Crippen molar-refractivity contribution < 1.29 is 12.8 Å². The van der Waals surface area contributed by atoms with E-state index in [1.807, 2.05) is 0 Å². The number of nitrogens with two attached hydrogens (primary N) is 1. The molecule has 106 valence electrons. The summed E-state index contributed by atoms with van der Waals surface area (Å²) in [5, 5.41) is 0. The second-order valence-corrected chi connectivity index (χ2v) is 6.40. The van der Waals surface area contributed by atoms with Gasteiger partial charge in [-0.15, -0.1) is 0 Å². The molecular weight excluding hydrogens is 296 g/mol. The Hall–Kier alpha value is -1.70. The van der Waals surface area contributed by atoms with E-state index < -0.39 is 16.1 Å². The third-order valence-electron chi connectivity index (χ3n) is 2.75. The molecule has 0 fully saturated rings. The standard InChI is InChI=1S/C13H14N2O3S2/c1-9(12-3-2-8-18-12)15-20(16,17)11-6-4-10(5-7-11)13(14)19/h2-9,15H,1H3,(H2,14,19). The summed E-state index contributed by atoms with van der Waals surface area (Å²) in [7, 11) is -3.62. The van der Waals surface area contributed by atoms with E-state index in [0.717, 1.165) is 0 Å². The molecule has 1 heterocycles. The van der Waals surface area contributed by atoms with Crippen LogP contribution in [0.2, 0.25) is 0 Å². The summed E-state index contributed by atoms with van der Waals surface area (Å²) in [5.74, 6) is 0.549. The minimum Gasteiger partial charge on any atom is -0.468 e. The lowest BCUT2D eigenvalue weighted by Gasteiger charge is -2.12. The molecule has 0 aliphatic rings. The molecule has 0 radical (unpaired) electrons. The van der Waals surface area contributed by atoms with Crippen LogP contribution in [0.25, 0.3) is 0 Å². The fraction of sp³-hybridized carbons (Fsp3) is 0.154. The fourth-order valence-corrected chi connectivity index (χ4v) is 3.04. The van der Waals surface area contributed by atoms with E-state index in [0.29, 0.717) is 11.3 Å². The molecule has 1 aromatic carbocycles. The maximum Gasteiger partial charge on any atom is 0.241 e. The van der Waals surface area contributed by atoms with Crippen LogP contribution in [-0.4, -0.2) is 13.4 Å². The van der Waals surface area contributed by atoms with Crippen molar-refractivity contribution in [1.82, 2.24) is 4.72 Å². The molecule has 5 nitrogen and oxygen atoms in total. The fourth-order valence-electron chi connectivity index (χ4n) is 1.69. The van der Waals surface area contributed by atoms with E-state index in [9.17, 15) is 8.42 Å². The Morgan fingerprint density at radius 1 is 1.30 bits per heavy atom. The molecule has 1 unspecified atom stereocenters. The third-order valence-corrected chi connectivity index (χ3v) is 4.54. The van der Waals surface area contributed by atoms with Gasteiger partial charge in [-0.2, -0.15) is 0 Å². The molecule has 0 aliphatic carbocycles. The lowest BCUT2D eigenvalue weighted by atomic mass is 10.2. The summed E-state index contributed by atoms with van der Waals surface area (Å²) in [5.41, 5.74) is 6.09. The van der Waals surface area contributed by atoms with Crippen LogP contribution in [0.15, 0.2) is 52.0 Å². The number of furan rings is 1. The highest BCUT2D eigenvalue weighted by atomic mass is 32.2. The second kappa shape index (κ2) is 5.74. The van der Waals surface area contributed by atoms with Gasteiger partial charge in [0.15, 0.2) is 0 Å². The Labute approximate surface area is 122 Å². The normalized spacial score (nSPS) is 13.1. The van der Waals surface area contributed by atoms with E-state index in [1.165, 1.54) is 18.4 Å². The monoisotopic (exact) mass is 310 g/mol. The maximum atomic E-state index is 12.2. The van der Waals surface area contributed by atoms with Gasteiger partial charge >= 0.3 is 0 Å². The summed E-state index contributed by atoms with van der Waals surface area (Å²) in [4.78, 5) is 0.377. The van der Waals surface area contributed by atoms with E-state index in [4.69, 9.17) is 22.4 Å². The molecule has 0 bridgehead atoms. The first-order valence-corrected chi connectivity index (χ1v) is 7.75. The molecule has 7 heteroatoms. The van der Waals surface area contributed by atoms with Crippen LogP contribution >= 0.6 is 12.2 Å². The number of rotatable bonds is 5. The molecule has 0 saturated carbocycles. The van der Waals surface area contributed by atoms with E-state index in [-0.39, 0.29) is 9.88 Å². The van der Waals surface area contributed by atoms with Gasteiger partial charge in [0, 0.05) is 5.56 Å². The van der Waals surface area contributed by atoms with Gasteiger partial charge in [0.1, 0.15) is 10.7 Å². The van der Waals surface area contributed by atoms with Gasteiger partial charge in [-0.3, -0.25) is 0 Å². The lowest BCUT2D eigenvalue weighted by molar-refractivity contribution is 0.459. The molecule has 0 aliphatic heterocycles. The van der Waals surface area contributed by atoms with Gasteiger partial charge in [-0.25, -0.2) is 13.1 Å². The Bertz CT molecular complexity index is 692. The Morgan fingerprint density at radius 3 is 2.45 bits per heavy atom. The average molecular weight is 310 g/mol. The summed E-state index contributed by atoms with van der Waals surface area (Å²) in [6, 6.07) is 9.05. The smallest absolute Gasteiger partial charge is 0.241 e. The number of sulfonamides is 1. The van der Waals surface area contributed by atoms with Crippen molar-refractivity contribution in [1.29, 1.82) is 0 Å². The average Bonchev–Trinajstić information content (AvgIpc) is 2.92. The summed E-state index contributed by atoms with van der Waals surface area (Å²) in [6.45, 7) is 1.71. The van der Waals surface area contributed by atoms with Crippen molar-refractivity contribution in [2.24, 2.45) is 5.73 Å². The van der Waals surface area contributed by atoms with Crippen molar-refractivity contribution in [3.63, 3.8) is 0 Å². The molecule has 2 rings (SSSR count). The van der Waals surface area contributed by atoms with Gasteiger partial charge in [-0.1, -0.05) is 24.4 Å². The number of benzene rings is 1. The van der Waals surface area contributed by atoms with Gasteiger partial charge in [-0.05, 0) is 31.2 Å². The molecule has 0 spiro atoms. The molecule has 1 atom stereocenters. The van der Waals surface area contributed by atoms with E-state index in [1.54, 1.807) is 31.2 Å². The first-order valence-electron chi connectivity index (χ1n) is 5.86. The summed E-state index contributed by atoms with van der Waals surface area (Å²) >= 11 is 4.82. The SMILES string of the molecule is CC(NS(=O)(=O)c1ccc(C(N)=S)cc1)c1ccco1. The van der Waals surface area contributed by atoms with Crippen molar-refractivity contribution in [3.8, 4) is 0 Å². The Morgan fingerprint density at radius 2 is 1.95 bits per heavy atom. The molecule has 1 aromatic heterocycles. The Kier molecular flexibility index (Phi) is 4.22. The summed E-state index contributed by atoms with van der Waals surface area (Å²) < 4.78 is 32.1. The molecule has 0 amide bonds. The minimum absolute atomic E-state index is 0.149. The van der Waals surface area contributed by atoms with Crippen molar-refractivity contribution in [3.05, 3.63) is 54.0 Å². The topological polar surface area (TPSA) is 85.3 Å². The van der Waals surface area contributed by atoms with Gasteiger partial charge in [0.05, 0.1) is 17.2 Å². The highest BCUT2D eigenvalue weighted by Crippen LogP contribution is 2.17. The number of hydrogen-bond donors (Lipinski definition) is 2. The first-order chi connectivity index (χ1) is 9.40. The van der Waals surface area contributed by atoms with Gasteiger partial charge in [0.2, 0.25) is 10.0 Å². The quantitative estimate of drug-likeness (QED) is 0.825. The second-order valence-electron chi connectivity index (χ2n) is 4.25. The highest BCUT2D eigenvalue weighted by molar-refractivity contribution is 7.89. The minimum atomic E-state index is -3.62. The van der Waals surface area contributed by atoms with Crippen LogP contribution in [0.4, 0.5) is 0 Å². The maximum absolute atomic E-state index is 12.2. The van der Waals surface area contributed by atoms with Crippen LogP contribution in [0.3, 0.4) is 0 Å². The van der Waals surface area contributed by atoms with E-state index >= 15 is 0 Å². The zero-order chi connectivity index (χ0) is 14.8. The summed E-state index contributed by atoms with van der Waals surface area (Å²) in [6.07, 6.45) is 1.50. The zero-order valence-electron chi connectivity index (χ0n) is 10.7. The lowest BCUT2D eigenvalue weighted by Crippen LogP contribution is -2.26. The van der Waals surface area contributed by atoms with Crippen molar-refractivity contribution in [2.45, 2.75) is 17.9 Å². The van der Waals surface area contributed by atoms with Gasteiger partial charge in [0.25, 0.3) is 0 Å². The molecule has 2 aromatic rings. The van der Waals surface area contributed by atoms with Crippen LogP contribution in [0.1, 0.15) is 24.3 Å². The number of hydrogen-bond acceptors (Lipinski definition) is 4.